The fourth-order valence-electron chi connectivity index (χ4n) is 2.91. The van der Waals surface area contributed by atoms with Crippen molar-refractivity contribution in [1.82, 2.24) is 20.0 Å². The van der Waals surface area contributed by atoms with E-state index >= 15 is 0 Å². The Morgan fingerprint density at radius 3 is 3.25 bits per heavy atom. The van der Waals surface area contributed by atoms with Crippen LogP contribution < -0.4 is 5.32 Å². The second-order valence-corrected chi connectivity index (χ2v) is 5.60. The zero-order valence-electron chi connectivity index (χ0n) is 12.0. The van der Waals surface area contributed by atoms with Gasteiger partial charge < -0.3 is 15.0 Å². The Bertz CT molecular complexity index is 480. The van der Waals surface area contributed by atoms with Crippen molar-refractivity contribution in [3.8, 4) is 0 Å². The number of morpholine rings is 1. The van der Waals surface area contributed by atoms with E-state index in [1.54, 1.807) is 0 Å². The highest BCUT2D eigenvalue weighted by atomic mass is 16.5. The second-order valence-electron chi connectivity index (χ2n) is 5.60. The Morgan fingerprint density at radius 1 is 1.55 bits per heavy atom. The van der Waals surface area contributed by atoms with Gasteiger partial charge in [0, 0.05) is 32.1 Å². The molecule has 1 aromatic rings. The number of hydrogen-bond donors (Lipinski definition) is 1. The van der Waals surface area contributed by atoms with Crippen LogP contribution >= 0.6 is 0 Å². The van der Waals surface area contributed by atoms with Gasteiger partial charge in [0.05, 0.1) is 31.1 Å². The van der Waals surface area contributed by atoms with E-state index in [2.05, 4.69) is 16.5 Å². The quantitative estimate of drug-likeness (QED) is 0.845. The fraction of sp³-hybridized carbons (Fsp3) is 0.714. The molecule has 0 spiro atoms. The molecule has 6 nitrogen and oxygen atoms in total. The largest absolute Gasteiger partial charge is 0.378 e. The van der Waals surface area contributed by atoms with Crippen LogP contribution in [0.5, 0.6) is 0 Å². The second kappa shape index (κ2) is 5.93. The lowest BCUT2D eigenvalue weighted by Crippen LogP contribution is -2.45. The molecule has 3 heterocycles. The Morgan fingerprint density at radius 2 is 2.45 bits per heavy atom. The predicted octanol–water partition coefficient (Wildman–Crippen LogP) is 0.302. The molecule has 110 valence electrons. The van der Waals surface area contributed by atoms with Gasteiger partial charge in [0.15, 0.2) is 0 Å². The van der Waals surface area contributed by atoms with Crippen LogP contribution in [0.1, 0.15) is 24.2 Å². The van der Waals surface area contributed by atoms with Gasteiger partial charge in [0.2, 0.25) is 5.91 Å². The van der Waals surface area contributed by atoms with E-state index < -0.39 is 0 Å². The zero-order chi connectivity index (χ0) is 13.9. The lowest BCUT2D eigenvalue weighted by atomic mass is 10.1. The molecule has 1 aromatic heterocycles. The highest BCUT2D eigenvalue weighted by Gasteiger charge is 2.23. The van der Waals surface area contributed by atoms with Gasteiger partial charge in [-0.1, -0.05) is 0 Å². The van der Waals surface area contributed by atoms with Crippen molar-refractivity contribution >= 4 is 5.91 Å². The number of nitrogens with one attached hydrogen (secondary N) is 1. The SMILES string of the molecule is Cc1cc2n(n1)CCCN(C(=O)C[C@H]1COCCN1)C2. The van der Waals surface area contributed by atoms with Crippen molar-refractivity contribution in [2.24, 2.45) is 0 Å². The van der Waals surface area contributed by atoms with Crippen molar-refractivity contribution in [3.05, 3.63) is 17.5 Å². The molecule has 2 aliphatic heterocycles. The molecule has 2 aliphatic rings. The van der Waals surface area contributed by atoms with Crippen LogP contribution in [-0.2, 0) is 22.6 Å². The van der Waals surface area contributed by atoms with Gasteiger partial charge in [0.1, 0.15) is 0 Å². The lowest BCUT2D eigenvalue weighted by Gasteiger charge is -2.26. The number of fused-ring (bicyclic) bond motifs is 1. The molecular weight excluding hydrogens is 256 g/mol. The van der Waals surface area contributed by atoms with Gasteiger partial charge in [-0.05, 0) is 19.4 Å². The Balaban J connectivity index is 1.62. The molecule has 0 saturated carbocycles. The standard InChI is InChI=1S/C14H22N4O2/c1-11-7-13-9-17(4-2-5-18(13)16-11)14(19)8-12-10-20-6-3-15-12/h7,12,15H,2-6,8-10H2,1H3/t12-/m0/s1. The van der Waals surface area contributed by atoms with Crippen LogP contribution in [0, 0.1) is 6.92 Å². The van der Waals surface area contributed by atoms with Crippen LogP contribution in [0.15, 0.2) is 6.07 Å². The topological polar surface area (TPSA) is 59.4 Å². The molecule has 0 aromatic carbocycles. The van der Waals surface area contributed by atoms with Crippen LogP contribution in [-0.4, -0.2) is 52.9 Å². The maximum atomic E-state index is 12.4. The fourth-order valence-corrected chi connectivity index (χ4v) is 2.91. The van der Waals surface area contributed by atoms with Gasteiger partial charge >= 0.3 is 0 Å². The minimum Gasteiger partial charge on any atom is -0.378 e. The monoisotopic (exact) mass is 278 g/mol. The van der Waals surface area contributed by atoms with Gasteiger partial charge in [-0.15, -0.1) is 0 Å². The Labute approximate surface area is 119 Å². The van der Waals surface area contributed by atoms with Crippen molar-refractivity contribution < 1.29 is 9.53 Å². The maximum absolute atomic E-state index is 12.4. The van der Waals surface area contributed by atoms with Gasteiger partial charge in [0.25, 0.3) is 0 Å². The van der Waals surface area contributed by atoms with Gasteiger partial charge in [-0.25, -0.2) is 0 Å². The number of hydrogen-bond acceptors (Lipinski definition) is 4. The molecule has 20 heavy (non-hydrogen) atoms. The summed E-state index contributed by atoms with van der Waals surface area (Å²) in [7, 11) is 0. The van der Waals surface area contributed by atoms with E-state index in [0.29, 0.717) is 19.6 Å². The third-order valence-electron chi connectivity index (χ3n) is 3.91. The van der Waals surface area contributed by atoms with E-state index in [9.17, 15) is 4.79 Å². The summed E-state index contributed by atoms with van der Waals surface area (Å²) in [6.07, 6.45) is 1.49. The summed E-state index contributed by atoms with van der Waals surface area (Å²) < 4.78 is 7.44. The van der Waals surface area contributed by atoms with Gasteiger partial charge in [-0.3, -0.25) is 9.48 Å². The van der Waals surface area contributed by atoms with Crippen LogP contribution in [0.4, 0.5) is 0 Å². The number of nitrogens with zero attached hydrogens (tertiary/aromatic N) is 3. The first-order valence-electron chi connectivity index (χ1n) is 7.34. The van der Waals surface area contributed by atoms with E-state index in [1.165, 1.54) is 0 Å². The van der Waals surface area contributed by atoms with E-state index in [4.69, 9.17) is 4.74 Å². The smallest absolute Gasteiger partial charge is 0.224 e. The first-order valence-corrected chi connectivity index (χ1v) is 7.34. The van der Waals surface area contributed by atoms with E-state index in [-0.39, 0.29) is 11.9 Å². The molecule has 0 unspecified atom stereocenters. The number of carbonyl (C=O) groups is 1. The molecule has 0 aliphatic carbocycles. The van der Waals surface area contributed by atoms with Crippen molar-refractivity contribution in [3.63, 3.8) is 0 Å². The first kappa shape index (κ1) is 13.6. The van der Waals surface area contributed by atoms with Crippen molar-refractivity contribution in [1.29, 1.82) is 0 Å². The summed E-state index contributed by atoms with van der Waals surface area (Å²) >= 11 is 0. The number of amides is 1. The molecule has 1 fully saturated rings. The highest BCUT2D eigenvalue weighted by molar-refractivity contribution is 5.76. The normalized spacial score (nSPS) is 23.2. The summed E-state index contributed by atoms with van der Waals surface area (Å²) in [6, 6.07) is 2.24. The molecule has 1 amide bonds. The molecule has 0 radical (unpaired) electrons. The van der Waals surface area contributed by atoms with Crippen LogP contribution in [0.25, 0.3) is 0 Å². The number of aryl methyl sites for hydroxylation is 2. The molecule has 3 rings (SSSR count). The molecule has 1 N–H and O–H groups in total. The third-order valence-corrected chi connectivity index (χ3v) is 3.91. The average Bonchev–Trinajstić information content (AvgIpc) is 2.67. The summed E-state index contributed by atoms with van der Waals surface area (Å²) in [6.45, 7) is 6.60. The number of aromatic nitrogens is 2. The summed E-state index contributed by atoms with van der Waals surface area (Å²) in [5.74, 6) is 0.209. The summed E-state index contributed by atoms with van der Waals surface area (Å²) in [5, 5.41) is 7.80. The Kier molecular flexibility index (Phi) is 4.03. The van der Waals surface area contributed by atoms with Crippen LogP contribution in [0.2, 0.25) is 0 Å². The van der Waals surface area contributed by atoms with Crippen molar-refractivity contribution in [2.75, 3.05) is 26.3 Å². The number of carbonyl (C=O) groups excluding carboxylic acids is 1. The van der Waals surface area contributed by atoms with Crippen LogP contribution in [0.3, 0.4) is 0 Å². The minimum atomic E-state index is 0.158. The molecule has 1 saturated heterocycles. The molecule has 1 atom stereocenters. The van der Waals surface area contributed by atoms with Crippen molar-refractivity contribution in [2.45, 2.75) is 38.9 Å². The molecule has 0 bridgehead atoms. The predicted molar refractivity (Wildman–Crippen MR) is 74.2 cm³/mol. The average molecular weight is 278 g/mol. The number of ether oxygens (including phenoxy) is 1. The Hall–Kier alpha value is -1.40. The maximum Gasteiger partial charge on any atom is 0.224 e. The lowest BCUT2D eigenvalue weighted by molar-refractivity contribution is -0.133. The minimum absolute atomic E-state index is 0.158. The summed E-state index contributed by atoms with van der Waals surface area (Å²) in [4.78, 5) is 14.4. The zero-order valence-corrected chi connectivity index (χ0v) is 12.0. The first-order chi connectivity index (χ1) is 9.72. The third kappa shape index (κ3) is 3.02. The highest BCUT2D eigenvalue weighted by Crippen LogP contribution is 2.15. The van der Waals surface area contributed by atoms with Gasteiger partial charge in [-0.2, -0.15) is 5.10 Å². The number of rotatable bonds is 2. The van der Waals surface area contributed by atoms with E-state index in [0.717, 1.165) is 44.0 Å². The molecular formula is C14H22N4O2. The summed E-state index contributed by atoms with van der Waals surface area (Å²) in [5.41, 5.74) is 2.16. The van der Waals surface area contributed by atoms with E-state index in [1.807, 2.05) is 16.5 Å². The molecule has 6 heteroatoms.